The quantitative estimate of drug-likeness (QED) is 0.190. The van der Waals surface area contributed by atoms with E-state index in [4.69, 9.17) is 0 Å². The maximum Gasteiger partial charge on any atom is 1.00 e. The van der Waals surface area contributed by atoms with Crippen LogP contribution < -0.4 is 39.8 Å². The second-order valence-electron chi connectivity index (χ2n) is 4.74. The standard InChI is InChI=1S/C13H23NO6P2S.Na/c1-2-20-22(18,19)13(21(15,16)17)14-10-6-7-11-23-12-8-4-3-5-9-12;/h3-5,8-9,13-14H,2,6-7,10-11H2,1H3,(H,18,19)(H2,15,16,17);/q;+1/p-1. The molecule has 1 aromatic rings. The molecule has 2 unspecified atom stereocenters. The summed E-state index contributed by atoms with van der Waals surface area (Å²) >= 11 is 1.68. The Labute approximate surface area is 168 Å². The van der Waals surface area contributed by atoms with Crippen LogP contribution in [0.4, 0.5) is 0 Å². The number of nitrogens with one attached hydrogen (secondary N) is 1. The Morgan fingerprint density at radius 3 is 2.42 bits per heavy atom. The predicted molar refractivity (Wildman–Crippen MR) is 89.5 cm³/mol. The van der Waals surface area contributed by atoms with E-state index in [9.17, 15) is 23.8 Å². The first-order valence-electron chi connectivity index (χ1n) is 7.19. The zero-order valence-corrected chi connectivity index (χ0v) is 18.4. The number of rotatable bonds is 11. The van der Waals surface area contributed by atoms with Crippen molar-refractivity contribution >= 4 is 27.0 Å². The van der Waals surface area contributed by atoms with Crippen molar-refractivity contribution in [3.05, 3.63) is 30.3 Å². The maximum absolute atomic E-state index is 11.7. The van der Waals surface area contributed by atoms with Gasteiger partial charge in [-0.05, 0) is 44.2 Å². The Kier molecular flexibility index (Phi) is 12.7. The molecule has 132 valence electrons. The third-order valence-corrected chi connectivity index (χ3v) is 7.91. The van der Waals surface area contributed by atoms with E-state index in [0.29, 0.717) is 6.42 Å². The maximum atomic E-state index is 11.7. The summed E-state index contributed by atoms with van der Waals surface area (Å²) in [7, 11) is -9.50. The van der Waals surface area contributed by atoms with Gasteiger partial charge in [0.05, 0.1) is 6.61 Å². The zero-order chi connectivity index (χ0) is 17.3. The van der Waals surface area contributed by atoms with Gasteiger partial charge in [-0.3, -0.25) is 9.88 Å². The smallest absolute Gasteiger partial charge is 0.777 e. The average molecular weight is 405 g/mol. The number of hydrogen-bond donors (Lipinski definition) is 3. The minimum Gasteiger partial charge on any atom is -0.777 e. The molecule has 7 nitrogen and oxygen atoms in total. The van der Waals surface area contributed by atoms with Crippen LogP contribution in [0.25, 0.3) is 0 Å². The Morgan fingerprint density at radius 2 is 1.88 bits per heavy atom. The van der Waals surface area contributed by atoms with E-state index < -0.39 is 20.7 Å². The van der Waals surface area contributed by atoms with E-state index in [1.165, 1.54) is 6.92 Å². The normalized spacial score (nSPS) is 15.3. The molecular formula is C13H22NNaO6P2S. The molecule has 3 N–H and O–H groups in total. The zero-order valence-electron chi connectivity index (χ0n) is 13.8. The van der Waals surface area contributed by atoms with Gasteiger partial charge in [0.1, 0.15) is 0 Å². The molecule has 0 saturated carbocycles. The first-order chi connectivity index (χ1) is 10.8. The first-order valence-corrected chi connectivity index (χ1v) is 11.5. The van der Waals surface area contributed by atoms with Gasteiger partial charge in [0, 0.05) is 4.90 Å². The van der Waals surface area contributed by atoms with E-state index in [1.807, 2.05) is 30.3 Å². The van der Waals surface area contributed by atoms with Crippen molar-refractivity contribution in [2.75, 3.05) is 18.9 Å². The molecule has 0 fully saturated rings. The van der Waals surface area contributed by atoms with Gasteiger partial charge >= 0.3 is 37.2 Å². The summed E-state index contributed by atoms with van der Waals surface area (Å²) in [5, 5.41) is 2.41. The molecule has 0 aliphatic rings. The molecule has 0 amide bonds. The summed E-state index contributed by atoms with van der Waals surface area (Å²) in [6.45, 7) is 1.47. The number of benzene rings is 1. The summed E-state index contributed by atoms with van der Waals surface area (Å²) in [6.07, 6.45) is 1.39. The number of thioether (sulfide) groups is 1. The number of unbranched alkanes of at least 4 members (excludes halogenated alkanes) is 1. The van der Waals surface area contributed by atoms with Crippen molar-refractivity contribution in [3.63, 3.8) is 0 Å². The molecule has 0 spiro atoms. The second-order valence-corrected chi connectivity index (χ2v) is 9.87. The Morgan fingerprint density at radius 1 is 1.25 bits per heavy atom. The second kappa shape index (κ2) is 12.3. The molecule has 2 atom stereocenters. The molecule has 0 aromatic heterocycles. The van der Waals surface area contributed by atoms with Gasteiger partial charge in [-0.2, -0.15) is 0 Å². The van der Waals surface area contributed by atoms with Gasteiger partial charge in [-0.25, -0.2) is 0 Å². The Balaban J connectivity index is 0.00000529. The van der Waals surface area contributed by atoms with Crippen molar-refractivity contribution in [3.8, 4) is 0 Å². The monoisotopic (exact) mass is 405 g/mol. The van der Waals surface area contributed by atoms with Crippen molar-refractivity contribution < 1.29 is 57.9 Å². The van der Waals surface area contributed by atoms with Gasteiger partial charge in [0.15, 0.2) is 13.1 Å². The van der Waals surface area contributed by atoms with Crippen molar-refractivity contribution in [2.45, 2.75) is 30.2 Å². The molecule has 0 bridgehead atoms. The van der Waals surface area contributed by atoms with E-state index in [1.54, 1.807) is 11.8 Å². The van der Waals surface area contributed by atoms with Crippen LogP contribution >= 0.6 is 27.0 Å². The van der Waals surface area contributed by atoms with E-state index >= 15 is 0 Å². The predicted octanol–water partition coefficient (Wildman–Crippen LogP) is -0.796. The first kappa shape index (κ1) is 24.8. The Bertz CT molecular complexity index is 559. The molecule has 1 aromatic carbocycles. The molecule has 0 saturated heterocycles. The van der Waals surface area contributed by atoms with Crippen LogP contribution in [0.5, 0.6) is 0 Å². The summed E-state index contributed by atoms with van der Waals surface area (Å²) in [5.74, 6) is 0.840. The topological polar surface area (TPSA) is 119 Å². The van der Waals surface area contributed by atoms with Gasteiger partial charge in [-0.15, -0.1) is 11.8 Å². The molecule has 0 aliphatic carbocycles. The summed E-state index contributed by atoms with van der Waals surface area (Å²) in [6, 6.07) is 9.85. The van der Waals surface area contributed by atoms with Gasteiger partial charge in [0.25, 0.3) is 0 Å². The van der Waals surface area contributed by atoms with Crippen molar-refractivity contribution in [1.29, 1.82) is 0 Å². The van der Waals surface area contributed by atoms with Crippen LogP contribution in [0.2, 0.25) is 0 Å². The SMILES string of the molecule is CCOP(=O)([O-])C(NCCCCSc1ccccc1)P(=O)(O)O.[Na+]. The number of hydrogen-bond acceptors (Lipinski definition) is 6. The minimum atomic E-state index is -4.85. The van der Waals surface area contributed by atoms with Crippen LogP contribution in [-0.4, -0.2) is 34.2 Å². The van der Waals surface area contributed by atoms with Gasteiger partial charge < -0.3 is 23.8 Å². The Hall–Kier alpha value is 0.830. The fraction of sp³-hybridized carbons (Fsp3) is 0.538. The molecule has 11 heteroatoms. The average Bonchev–Trinajstić information content (AvgIpc) is 2.45. The fourth-order valence-corrected chi connectivity index (χ4v) is 5.66. The fourth-order valence-electron chi connectivity index (χ4n) is 1.83. The van der Waals surface area contributed by atoms with Crippen LogP contribution in [0.1, 0.15) is 19.8 Å². The molecule has 1 rings (SSSR count). The van der Waals surface area contributed by atoms with Crippen LogP contribution in [0, 0.1) is 0 Å². The van der Waals surface area contributed by atoms with Crippen LogP contribution in [0.3, 0.4) is 0 Å². The molecule has 0 heterocycles. The summed E-state index contributed by atoms with van der Waals surface area (Å²) in [4.78, 5) is 31.2. The summed E-state index contributed by atoms with van der Waals surface area (Å²) in [5.41, 5.74) is -1.99. The molecule has 0 aliphatic heterocycles. The van der Waals surface area contributed by atoms with E-state index in [2.05, 4.69) is 9.84 Å². The minimum absolute atomic E-state index is 0. The summed E-state index contributed by atoms with van der Waals surface area (Å²) < 4.78 is 27.6. The van der Waals surface area contributed by atoms with E-state index in [0.717, 1.165) is 17.1 Å². The van der Waals surface area contributed by atoms with Crippen molar-refractivity contribution in [1.82, 2.24) is 5.32 Å². The van der Waals surface area contributed by atoms with Crippen LogP contribution in [0.15, 0.2) is 35.2 Å². The third-order valence-electron chi connectivity index (χ3n) is 2.84. The molecule has 24 heavy (non-hydrogen) atoms. The largest absolute Gasteiger partial charge is 1.00 e. The van der Waals surface area contributed by atoms with Gasteiger partial charge in [0.2, 0.25) is 0 Å². The molecule has 0 radical (unpaired) electrons. The van der Waals surface area contributed by atoms with E-state index in [-0.39, 0.29) is 42.7 Å². The van der Waals surface area contributed by atoms with Crippen molar-refractivity contribution in [2.24, 2.45) is 0 Å². The molecular weight excluding hydrogens is 383 g/mol. The van der Waals surface area contributed by atoms with Gasteiger partial charge in [-0.1, -0.05) is 18.2 Å². The van der Waals surface area contributed by atoms with Crippen LogP contribution in [-0.2, 0) is 13.7 Å². The third kappa shape index (κ3) is 9.51.